The Morgan fingerprint density at radius 3 is 2.60 bits per heavy atom. The molecule has 1 unspecified atom stereocenters. The molecule has 1 aromatic carbocycles. The Balaban J connectivity index is 2.67. The lowest BCUT2D eigenvalue weighted by Crippen LogP contribution is -2.38. The van der Waals surface area contributed by atoms with Gasteiger partial charge in [-0.25, -0.2) is 4.98 Å². The third kappa shape index (κ3) is 3.90. The first-order valence-corrected chi connectivity index (χ1v) is 8.86. The van der Waals surface area contributed by atoms with Gasteiger partial charge in [0.1, 0.15) is 5.82 Å². The molecule has 6 heteroatoms. The van der Waals surface area contributed by atoms with Gasteiger partial charge in [0, 0.05) is 20.1 Å². The second kappa shape index (κ2) is 8.76. The van der Waals surface area contributed by atoms with Crippen molar-refractivity contribution in [2.45, 2.75) is 46.2 Å². The number of ether oxygens (including phenoxy) is 1. The smallest absolute Gasteiger partial charge is 0.261 e. The van der Waals surface area contributed by atoms with Gasteiger partial charge in [0.2, 0.25) is 5.91 Å². The van der Waals surface area contributed by atoms with E-state index in [0.717, 1.165) is 0 Å². The van der Waals surface area contributed by atoms with Crippen molar-refractivity contribution in [2.75, 3.05) is 20.3 Å². The SMILES string of the molecule is CCC(=O)N(CC)C(CC)c1nc2ccccc2c(=O)n1CCOC. The molecule has 0 fully saturated rings. The maximum absolute atomic E-state index is 13.0. The Labute approximate surface area is 148 Å². The van der Waals surface area contributed by atoms with Crippen molar-refractivity contribution in [1.82, 2.24) is 14.5 Å². The van der Waals surface area contributed by atoms with Crippen LogP contribution in [0, 0.1) is 0 Å². The van der Waals surface area contributed by atoms with Crippen LogP contribution in [0.1, 0.15) is 45.5 Å². The van der Waals surface area contributed by atoms with Crippen LogP contribution in [0.5, 0.6) is 0 Å². The molecular formula is C19H27N3O3. The molecule has 25 heavy (non-hydrogen) atoms. The summed E-state index contributed by atoms with van der Waals surface area (Å²) in [4.78, 5) is 31.9. The summed E-state index contributed by atoms with van der Waals surface area (Å²) in [5, 5.41) is 0.585. The minimum Gasteiger partial charge on any atom is -0.383 e. The second-order valence-electron chi connectivity index (χ2n) is 5.89. The van der Waals surface area contributed by atoms with Crippen molar-refractivity contribution in [3.05, 3.63) is 40.4 Å². The maximum atomic E-state index is 13.0. The molecule has 0 saturated carbocycles. The number of hydrogen-bond acceptors (Lipinski definition) is 4. The quantitative estimate of drug-likeness (QED) is 0.738. The molecule has 6 nitrogen and oxygen atoms in total. The van der Waals surface area contributed by atoms with Crippen LogP contribution in [-0.4, -0.2) is 40.6 Å². The predicted octanol–water partition coefficient (Wildman–Crippen LogP) is 2.75. The molecule has 0 saturated heterocycles. The molecule has 0 aliphatic rings. The van der Waals surface area contributed by atoms with Crippen LogP contribution in [0.2, 0.25) is 0 Å². The Morgan fingerprint density at radius 2 is 2.00 bits per heavy atom. The Kier molecular flexibility index (Phi) is 6.70. The van der Waals surface area contributed by atoms with Crippen LogP contribution in [0.15, 0.2) is 29.1 Å². The van der Waals surface area contributed by atoms with Crippen LogP contribution in [0.3, 0.4) is 0 Å². The highest BCUT2D eigenvalue weighted by Crippen LogP contribution is 2.24. The molecule has 2 rings (SSSR count). The third-order valence-electron chi connectivity index (χ3n) is 4.43. The highest BCUT2D eigenvalue weighted by atomic mass is 16.5. The van der Waals surface area contributed by atoms with Gasteiger partial charge in [-0.05, 0) is 25.5 Å². The molecule has 0 aliphatic heterocycles. The summed E-state index contributed by atoms with van der Waals surface area (Å²) in [7, 11) is 1.61. The lowest BCUT2D eigenvalue weighted by molar-refractivity contribution is -0.133. The van der Waals surface area contributed by atoms with Crippen molar-refractivity contribution in [1.29, 1.82) is 0 Å². The standard InChI is InChI=1S/C19H27N3O3/c1-5-16(21(7-3)17(23)6-2)18-20-15-11-9-8-10-14(15)19(24)22(18)12-13-25-4/h8-11,16H,5-7,12-13H2,1-4H3. The number of carbonyl (C=O) groups excluding carboxylic acids is 1. The van der Waals surface area contributed by atoms with Crippen LogP contribution in [0.4, 0.5) is 0 Å². The fourth-order valence-corrected chi connectivity index (χ4v) is 3.15. The molecule has 1 aromatic heterocycles. The number of para-hydroxylation sites is 1. The third-order valence-corrected chi connectivity index (χ3v) is 4.43. The Morgan fingerprint density at radius 1 is 1.28 bits per heavy atom. The number of methoxy groups -OCH3 is 1. The Bertz CT molecular complexity index is 785. The molecule has 0 radical (unpaired) electrons. The van der Waals surface area contributed by atoms with Gasteiger partial charge in [-0.15, -0.1) is 0 Å². The van der Waals surface area contributed by atoms with Crippen molar-refractivity contribution < 1.29 is 9.53 Å². The van der Waals surface area contributed by atoms with E-state index in [2.05, 4.69) is 0 Å². The number of amides is 1. The first-order chi connectivity index (χ1) is 12.1. The monoisotopic (exact) mass is 345 g/mol. The highest BCUT2D eigenvalue weighted by Gasteiger charge is 2.26. The van der Waals surface area contributed by atoms with E-state index < -0.39 is 0 Å². The molecule has 0 bridgehead atoms. The second-order valence-corrected chi connectivity index (χ2v) is 5.89. The molecule has 1 heterocycles. The normalized spacial score (nSPS) is 12.3. The van der Waals surface area contributed by atoms with E-state index in [0.29, 0.717) is 49.3 Å². The fraction of sp³-hybridized carbons (Fsp3) is 0.526. The number of benzene rings is 1. The topological polar surface area (TPSA) is 64.4 Å². The lowest BCUT2D eigenvalue weighted by atomic mass is 10.1. The van der Waals surface area contributed by atoms with Crippen LogP contribution in [0.25, 0.3) is 10.9 Å². The van der Waals surface area contributed by atoms with Crippen molar-refractivity contribution in [3.63, 3.8) is 0 Å². The van der Waals surface area contributed by atoms with E-state index in [9.17, 15) is 9.59 Å². The zero-order chi connectivity index (χ0) is 18.4. The predicted molar refractivity (Wildman–Crippen MR) is 98.6 cm³/mol. The summed E-state index contributed by atoms with van der Waals surface area (Å²) in [6.45, 7) is 7.23. The molecule has 0 N–H and O–H groups in total. The molecular weight excluding hydrogens is 318 g/mol. The molecule has 2 aromatic rings. The van der Waals surface area contributed by atoms with Gasteiger partial charge in [-0.1, -0.05) is 26.0 Å². The van der Waals surface area contributed by atoms with Crippen molar-refractivity contribution in [3.8, 4) is 0 Å². The van der Waals surface area contributed by atoms with E-state index in [1.54, 1.807) is 22.6 Å². The molecule has 1 amide bonds. The molecule has 0 spiro atoms. The van der Waals surface area contributed by atoms with Crippen LogP contribution in [-0.2, 0) is 16.1 Å². The number of hydrogen-bond donors (Lipinski definition) is 0. The average molecular weight is 345 g/mol. The number of nitrogens with zero attached hydrogens (tertiary/aromatic N) is 3. The van der Waals surface area contributed by atoms with E-state index in [-0.39, 0.29) is 17.5 Å². The minimum absolute atomic E-state index is 0.0649. The van der Waals surface area contributed by atoms with Crippen LogP contribution >= 0.6 is 0 Å². The molecule has 1 atom stereocenters. The first-order valence-electron chi connectivity index (χ1n) is 8.86. The number of aromatic nitrogens is 2. The zero-order valence-corrected chi connectivity index (χ0v) is 15.5. The summed E-state index contributed by atoms with van der Waals surface area (Å²) in [6.07, 6.45) is 1.12. The Hall–Kier alpha value is -2.21. The first kappa shape index (κ1) is 19.1. The van der Waals surface area contributed by atoms with Gasteiger partial charge < -0.3 is 9.64 Å². The lowest BCUT2D eigenvalue weighted by Gasteiger charge is -2.31. The number of fused-ring (bicyclic) bond motifs is 1. The number of rotatable bonds is 8. The van der Waals surface area contributed by atoms with E-state index in [4.69, 9.17) is 9.72 Å². The largest absolute Gasteiger partial charge is 0.383 e. The fourth-order valence-electron chi connectivity index (χ4n) is 3.15. The van der Waals surface area contributed by atoms with E-state index >= 15 is 0 Å². The van der Waals surface area contributed by atoms with Crippen molar-refractivity contribution >= 4 is 16.8 Å². The highest BCUT2D eigenvalue weighted by molar-refractivity contribution is 5.78. The minimum atomic E-state index is -0.230. The van der Waals surface area contributed by atoms with Gasteiger partial charge in [-0.3, -0.25) is 14.2 Å². The van der Waals surface area contributed by atoms with Gasteiger partial charge in [-0.2, -0.15) is 0 Å². The summed E-state index contributed by atoms with van der Waals surface area (Å²) in [6, 6.07) is 7.10. The van der Waals surface area contributed by atoms with Crippen LogP contribution < -0.4 is 5.56 Å². The summed E-state index contributed by atoms with van der Waals surface area (Å²) >= 11 is 0. The maximum Gasteiger partial charge on any atom is 0.261 e. The van der Waals surface area contributed by atoms with E-state index in [1.807, 2.05) is 39.0 Å². The van der Waals surface area contributed by atoms with Gasteiger partial charge >= 0.3 is 0 Å². The molecule has 0 aliphatic carbocycles. The van der Waals surface area contributed by atoms with E-state index in [1.165, 1.54) is 0 Å². The number of carbonyl (C=O) groups is 1. The summed E-state index contributed by atoms with van der Waals surface area (Å²) in [5.74, 6) is 0.696. The summed E-state index contributed by atoms with van der Waals surface area (Å²) in [5.41, 5.74) is 0.575. The van der Waals surface area contributed by atoms with Gasteiger partial charge in [0.05, 0.1) is 30.1 Å². The average Bonchev–Trinajstić information content (AvgIpc) is 2.64. The molecule has 136 valence electrons. The van der Waals surface area contributed by atoms with Gasteiger partial charge in [0.15, 0.2) is 0 Å². The van der Waals surface area contributed by atoms with Gasteiger partial charge in [0.25, 0.3) is 5.56 Å². The zero-order valence-electron chi connectivity index (χ0n) is 15.5. The van der Waals surface area contributed by atoms with Crippen molar-refractivity contribution in [2.24, 2.45) is 0 Å². The summed E-state index contributed by atoms with van der Waals surface area (Å²) < 4.78 is 6.83.